The second-order valence-electron chi connectivity index (χ2n) is 4.31. The fraction of sp³-hybridized carbons (Fsp3) is 0.357. The minimum Gasteiger partial charge on any atom is -0.369 e. The van der Waals surface area contributed by atoms with Crippen molar-refractivity contribution in [2.75, 3.05) is 11.9 Å². The summed E-state index contributed by atoms with van der Waals surface area (Å²) in [7, 11) is 0. The molecule has 1 N–H and O–H groups in total. The molecule has 2 aromatic heterocycles. The molecule has 2 aromatic rings. The minimum absolute atomic E-state index is 0.828. The van der Waals surface area contributed by atoms with Crippen LogP contribution < -0.4 is 5.32 Å². The van der Waals surface area contributed by atoms with Crippen LogP contribution >= 0.6 is 0 Å². The molecule has 4 heteroatoms. The highest BCUT2D eigenvalue weighted by molar-refractivity contribution is 5.73. The Labute approximate surface area is 108 Å². The lowest BCUT2D eigenvalue weighted by Gasteiger charge is -2.13. The first kappa shape index (κ1) is 12.5. The fourth-order valence-electron chi connectivity index (χ4n) is 1.82. The zero-order valence-corrected chi connectivity index (χ0v) is 11.3. The van der Waals surface area contributed by atoms with Crippen LogP contribution in [-0.4, -0.2) is 21.5 Å². The summed E-state index contributed by atoms with van der Waals surface area (Å²) >= 11 is 0. The van der Waals surface area contributed by atoms with E-state index in [1.807, 2.05) is 33.0 Å². The highest BCUT2D eigenvalue weighted by atomic mass is 15.0. The van der Waals surface area contributed by atoms with Crippen LogP contribution in [0.5, 0.6) is 0 Å². The lowest BCUT2D eigenvalue weighted by molar-refractivity contribution is 1.03. The lowest BCUT2D eigenvalue weighted by Crippen LogP contribution is -2.06. The molecular weight excluding hydrogens is 224 g/mol. The molecule has 0 bridgehead atoms. The zero-order chi connectivity index (χ0) is 13.1. The molecule has 0 unspecified atom stereocenters. The van der Waals surface area contributed by atoms with Gasteiger partial charge in [-0.15, -0.1) is 0 Å². The molecule has 0 fully saturated rings. The maximum atomic E-state index is 4.67. The Hall–Kier alpha value is -1.97. The smallest absolute Gasteiger partial charge is 0.152 e. The Morgan fingerprint density at radius 2 is 1.83 bits per heavy atom. The fourth-order valence-corrected chi connectivity index (χ4v) is 1.82. The number of hydrogen-bond donors (Lipinski definition) is 1. The van der Waals surface area contributed by atoms with E-state index in [1.54, 1.807) is 6.20 Å². The number of hydrogen-bond acceptors (Lipinski definition) is 4. The highest BCUT2D eigenvalue weighted by Gasteiger charge is 2.12. The second kappa shape index (κ2) is 5.12. The number of nitrogens with one attached hydrogen (secondary N) is 1. The van der Waals surface area contributed by atoms with Gasteiger partial charge in [-0.05, 0) is 39.3 Å². The van der Waals surface area contributed by atoms with Crippen LogP contribution in [0.3, 0.4) is 0 Å². The molecule has 0 saturated carbocycles. The molecule has 0 atom stereocenters. The van der Waals surface area contributed by atoms with E-state index in [-0.39, 0.29) is 0 Å². The third-order valence-electron chi connectivity index (χ3n) is 2.93. The van der Waals surface area contributed by atoms with E-state index >= 15 is 0 Å². The SMILES string of the molecule is CCNc1nc(C)c(C)nc1-c1ccncc1C. The van der Waals surface area contributed by atoms with E-state index in [9.17, 15) is 0 Å². The van der Waals surface area contributed by atoms with Crippen LogP contribution in [0.2, 0.25) is 0 Å². The van der Waals surface area contributed by atoms with Gasteiger partial charge in [0.15, 0.2) is 5.82 Å². The van der Waals surface area contributed by atoms with Gasteiger partial charge in [-0.25, -0.2) is 9.97 Å². The van der Waals surface area contributed by atoms with Gasteiger partial charge in [0.1, 0.15) is 5.69 Å². The van der Waals surface area contributed by atoms with Crippen LogP contribution in [-0.2, 0) is 0 Å². The van der Waals surface area contributed by atoms with E-state index in [0.29, 0.717) is 0 Å². The average Bonchev–Trinajstić information content (AvgIpc) is 2.35. The normalized spacial score (nSPS) is 10.4. The molecular formula is C14H18N4. The van der Waals surface area contributed by atoms with Gasteiger partial charge in [0.2, 0.25) is 0 Å². The lowest BCUT2D eigenvalue weighted by atomic mass is 10.1. The summed E-state index contributed by atoms with van der Waals surface area (Å²) < 4.78 is 0. The Bertz CT molecular complexity index is 564. The highest BCUT2D eigenvalue weighted by Crippen LogP contribution is 2.27. The summed E-state index contributed by atoms with van der Waals surface area (Å²) in [6.07, 6.45) is 3.64. The summed E-state index contributed by atoms with van der Waals surface area (Å²) in [6.45, 7) is 8.88. The number of nitrogens with zero attached hydrogens (tertiary/aromatic N) is 3. The molecule has 18 heavy (non-hydrogen) atoms. The molecule has 0 radical (unpaired) electrons. The zero-order valence-electron chi connectivity index (χ0n) is 11.3. The van der Waals surface area contributed by atoms with Gasteiger partial charge >= 0.3 is 0 Å². The molecule has 0 aliphatic rings. The van der Waals surface area contributed by atoms with Crippen molar-refractivity contribution in [1.82, 2.24) is 15.0 Å². The van der Waals surface area contributed by atoms with Crippen molar-refractivity contribution >= 4 is 5.82 Å². The summed E-state index contributed by atoms with van der Waals surface area (Å²) in [5, 5.41) is 3.28. The first-order chi connectivity index (χ1) is 8.63. The molecule has 94 valence electrons. The van der Waals surface area contributed by atoms with Crippen molar-refractivity contribution in [1.29, 1.82) is 0 Å². The van der Waals surface area contributed by atoms with Crippen molar-refractivity contribution in [2.24, 2.45) is 0 Å². The molecule has 0 aromatic carbocycles. The van der Waals surface area contributed by atoms with Gasteiger partial charge in [-0.3, -0.25) is 4.98 Å². The van der Waals surface area contributed by atoms with Crippen LogP contribution in [0.25, 0.3) is 11.3 Å². The van der Waals surface area contributed by atoms with E-state index in [2.05, 4.69) is 27.2 Å². The molecule has 0 spiro atoms. The van der Waals surface area contributed by atoms with E-state index in [0.717, 1.165) is 40.6 Å². The van der Waals surface area contributed by atoms with Gasteiger partial charge in [-0.1, -0.05) is 0 Å². The quantitative estimate of drug-likeness (QED) is 0.899. The Morgan fingerprint density at radius 1 is 1.11 bits per heavy atom. The summed E-state index contributed by atoms with van der Waals surface area (Å²) in [6, 6.07) is 1.98. The first-order valence-electron chi connectivity index (χ1n) is 6.13. The molecule has 0 saturated heterocycles. The average molecular weight is 242 g/mol. The summed E-state index contributed by atoms with van der Waals surface area (Å²) in [5.41, 5.74) is 5.01. The number of aryl methyl sites for hydroxylation is 3. The predicted octanol–water partition coefficient (Wildman–Crippen LogP) is 2.90. The predicted molar refractivity (Wildman–Crippen MR) is 73.6 cm³/mol. The maximum absolute atomic E-state index is 4.67. The van der Waals surface area contributed by atoms with Crippen LogP contribution in [0.1, 0.15) is 23.9 Å². The number of anilines is 1. The van der Waals surface area contributed by atoms with Crippen molar-refractivity contribution < 1.29 is 0 Å². The van der Waals surface area contributed by atoms with E-state index < -0.39 is 0 Å². The molecule has 2 heterocycles. The standard InChI is InChI=1S/C14H18N4/c1-5-16-14-13(17-10(3)11(4)18-14)12-6-7-15-8-9(12)2/h6-8H,5H2,1-4H3,(H,16,18). The number of pyridine rings is 1. The third kappa shape index (κ3) is 2.32. The monoisotopic (exact) mass is 242 g/mol. The maximum Gasteiger partial charge on any atom is 0.152 e. The van der Waals surface area contributed by atoms with Gasteiger partial charge in [0, 0.05) is 24.5 Å². The van der Waals surface area contributed by atoms with Gasteiger partial charge in [0.25, 0.3) is 0 Å². The van der Waals surface area contributed by atoms with E-state index in [1.165, 1.54) is 0 Å². The van der Waals surface area contributed by atoms with Crippen molar-refractivity contribution in [3.63, 3.8) is 0 Å². The Morgan fingerprint density at radius 3 is 2.50 bits per heavy atom. The van der Waals surface area contributed by atoms with Crippen LogP contribution in [0, 0.1) is 20.8 Å². The summed E-state index contributed by atoms with van der Waals surface area (Å²) in [5.74, 6) is 0.843. The summed E-state index contributed by atoms with van der Waals surface area (Å²) in [4.78, 5) is 13.4. The third-order valence-corrected chi connectivity index (χ3v) is 2.93. The molecule has 4 nitrogen and oxygen atoms in total. The number of rotatable bonds is 3. The van der Waals surface area contributed by atoms with Gasteiger partial charge in [-0.2, -0.15) is 0 Å². The van der Waals surface area contributed by atoms with E-state index in [4.69, 9.17) is 0 Å². The van der Waals surface area contributed by atoms with Crippen LogP contribution in [0.4, 0.5) is 5.82 Å². The number of aromatic nitrogens is 3. The minimum atomic E-state index is 0.828. The molecule has 0 aliphatic heterocycles. The molecule has 0 amide bonds. The Balaban J connectivity index is 2.62. The largest absolute Gasteiger partial charge is 0.369 e. The second-order valence-corrected chi connectivity index (χ2v) is 4.31. The topological polar surface area (TPSA) is 50.7 Å². The van der Waals surface area contributed by atoms with Crippen molar-refractivity contribution in [3.8, 4) is 11.3 Å². The van der Waals surface area contributed by atoms with Crippen molar-refractivity contribution in [2.45, 2.75) is 27.7 Å². The van der Waals surface area contributed by atoms with Crippen LogP contribution in [0.15, 0.2) is 18.5 Å². The molecule has 2 rings (SSSR count). The van der Waals surface area contributed by atoms with Gasteiger partial charge < -0.3 is 5.32 Å². The van der Waals surface area contributed by atoms with Gasteiger partial charge in [0.05, 0.1) is 11.4 Å². The van der Waals surface area contributed by atoms with Crippen molar-refractivity contribution in [3.05, 3.63) is 35.4 Å². The Kier molecular flexibility index (Phi) is 3.55. The molecule has 0 aliphatic carbocycles. The first-order valence-corrected chi connectivity index (χ1v) is 6.13.